The third-order valence-corrected chi connectivity index (χ3v) is 4.74. The van der Waals surface area contributed by atoms with Gasteiger partial charge in [-0.1, -0.05) is 0 Å². The number of nitrogens with zero attached hydrogens (tertiary/aromatic N) is 4. The summed E-state index contributed by atoms with van der Waals surface area (Å²) in [6.07, 6.45) is 1.89. The molecule has 0 saturated carbocycles. The minimum Gasteiger partial charge on any atom is -0.508 e. The van der Waals surface area contributed by atoms with Crippen molar-refractivity contribution in [3.05, 3.63) is 53.6 Å². The number of anilines is 1. The van der Waals surface area contributed by atoms with E-state index in [0.29, 0.717) is 11.4 Å². The molecule has 2 atom stereocenters. The fourth-order valence-corrected chi connectivity index (χ4v) is 3.50. The Kier molecular flexibility index (Phi) is 4.58. The number of carbonyl (C=O) groups is 1. The first-order valence-corrected chi connectivity index (χ1v) is 8.88. The molecule has 3 heterocycles. The summed E-state index contributed by atoms with van der Waals surface area (Å²) in [6, 6.07) is 4.64. The molecule has 0 radical (unpaired) electrons. The van der Waals surface area contributed by atoms with Crippen molar-refractivity contribution in [2.45, 2.75) is 25.6 Å². The molecule has 2 aromatic heterocycles. The van der Waals surface area contributed by atoms with Crippen LogP contribution in [-0.2, 0) is 4.74 Å². The number of halogens is 2. The van der Waals surface area contributed by atoms with Crippen LogP contribution in [-0.4, -0.2) is 45.0 Å². The molecule has 3 aromatic rings. The predicted octanol–water partition coefficient (Wildman–Crippen LogP) is 3.04. The summed E-state index contributed by atoms with van der Waals surface area (Å²) in [5, 5.41) is 14.2. The molecule has 0 spiro atoms. The number of hydrogen-bond donors (Lipinski definition) is 1. The smallest absolute Gasteiger partial charge is 0.343 e. The van der Waals surface area contributed by atoms with Crippen LogP contribution in [0.15, 0.2) is 36.7 Å². The Morgan fingerprint density at radius 2 is 2.21 bits per heavy atom. The van der Waals surface area contributed by atoms with Crippen molar-refractivity contribution in [3.63, 3.8) is 0 Å². The Labute approximate surface area is 159 Å². The van der Waals surface area contributed by atoms with E-state index < -0.39 is 24.0 Å². The van der Waals surface area contributed by atoms with E-state index in [1.165, 1.54) is 22.8 Å². The Bertz CT molecular complexity index is 1040. The monoisotopic (exact) mass is 388 g/mol. The van der Waals surface area contributed by atoms with E-state index in [1.54, 1.807) is 24.1 Å². The van der Waals surface area contributed by atoms with Gasteiger partial charge in [-0.25, -0.2) is 23.1 Å². The number of aromatic hydroxyl groups is 1. The molecule has 1 aromatic carbocycles. The molecule has 28 heavy (non-hydrogen) atoms. The Morgan fingerprint density at radius 1 is 1.39 bits per heavy atom. The average Bonchev–Trinajstić information content (AvgIpc) is 3.26. The zero-order chi connectivity index (χ0) is 19.8. The van der Waals surface area contributed by atoms with Crippen LogP contribution in [0.4, 0.5) is 14.6 Å². The second kappa shape index (κ2) is 7.06. The molecule has 0 aliphatic carbocycles. The van der Waals surface area contributed by atoms with E-state index in [2.05, 4.69) is 10.1 Å². The fourth-order valence-electron chi connectivity index (χ4n) is 3.50. The zero-order valence-corrected chi connectivity index (χ0v) is 15.0. The maximum Gasteiger partial charge on any atom is 0.343 e. The number of hydrogen-bond acceptors (Lipinski definition) is 6. The van der Waals surface area contributed by atoms with Gasteiger partial charge in [-0.3, -0.25) is 0 Å². The van der Waals surface area contributed by atoms with Crippen molar-refractivity contribution in [3.8, 4) is 5.75 Å². The number of phenolic OH excluding ortho intramolecular Hbond substituents is 1. The number of esters is 1. The van der Waals surface area contributed by atoms with E-state index >= 15 is 0 Å². The normalized spacial score (nSPS) is 19.3. The molecule has 0 amide bonds. The van der Waals surface area contributed by atoms with Gasteiger partial charge in [-0.2, -0.15) is 5.10 Å². The van der Waals surface area contributed by atoms with Crippen LogP contribution < -0.4 is 4.90 Å². The lowest BCUT2D eigenvalue weighted by Crippen LogP contribution is -2.25. The van der Waals surface area contributed by atoms with Crippen LogP contribution in [0.25, 0.3) is 5.65 Å². The molecule has 9 heteroatoms. The van der Waals surface area contributed by atoms with Gasteiger partial charge in [0.1, 0.15) is 29.1 Å². The topological polar surface area (TPSA) is 80.0 Å². The third-order valence-electron chi connectivity index (χ3n) is 4.74. The van der Waals surface area contributed by atoms with Gasteiger partial charge in [-0.05, 0) is 31.2 Å². The summed E-state index contributed by atoms with van der Waals surface area (Å²) in [6.45, 7) is 1.95. The molecule has 1 N–H and O–H groups in total. The van der Waals surface area contributed by atoms with Crippen molar-refractivity contribution in [1.29, 1.82) is 0 Å². The molecule has 1 aliphatic heterocycles. The summed E-state index contributed by atoms with van der Waals surface area (Å²) in [7, 11) is 0. The quantitative estimate of drug-likeness (QED) is 0.692. The summed E-state index contributed by atoms with van der Waals surface area (Å²) >= 11 is 0. The number of benzene rings is 1. The highest BCUT2D eigenvalue weighted by atomic mass is 19.1. The molecular formula is C19H18F2N4O3. The van der Waals surface area contributed by atoms with Gasteiger partial charge in [0.05, 0.1) is 25.4 Å². The Balaban J connectivity index is 1.76. The van der Waals surface area contributed by atoms with Crippen molar-refractivity contribution in [2.24, 2.45) is 0 Å². The maximum atomic E-state index is 14.3. The number of alkyl halides is 1. The molecule has 1 fully saturated rings. The molecular weight excluding hydrogens is 370 g/mol. The molecule has 0 bridgehead atoms. The van der Waals surface area contributed by atoms with Crippen LogP contribution >= 0.6 is 0 Å². The minimum atomic E-state index is -1.17. The lowest BCUT2D eigenvalue weighted by atomic mass is 10.0. The first-order valence-electron chi connectivity index (χ1n) is 8.88. The molecule has 7 nitrogen and oxygen atoms in total. The van der Waals surface area contributed by atoms with E-state index in [4.69, 9.17) is 4.74 Å². The molecule has 0 unspecified atom stereocenters. The van der Waals surface area contributed by atoms with Gasteiger partial charge in [0.15, 0.2) is 5.65 Å². The maximum absolute atomic E-state index is 14.3. The minimum absolute atomic E-state index is 0.0344. The van der Waals surface area contributed by atoms with Gasteiger partial charge < -0.3 is 14.7 Å². The second-order valence-electron chi connectivity index (χ2n) is 6.54. The lowest BCUT2D eigenvalue weighted by Gasteiger charge is -2.26. The summed E-state index contributed by atoms with van der Waals surface area (Å²) in [4.78, 5) is 18.2. The van der Waals surface area contributed by atoms with E-state index in [0.717, 1.165) is 6.07 Å². The number of aromatic nitrogens is 3. The average molecular weight is 388 g/mol. The molecule has 1 saturated heterocycles. The number of carbonyl (C=O) groups excluding carboxylic acids is 1. The second-order valence-corrected chi connectivity index (χ2v) is 6.54. The largest absolute Gasteiger partial charge is 0.508 e. The van der Waals surface area contributed by atoms with Gasteiger partial charge in [0, 0.05) is 18.2 Å². The van der Waals surface area contributed by atoms with Crippen LogP contribution in [0.2, 0.25) is 0 Å². The van der Waals surface area contributed by atoms with Crippen LogP contribution in [0.5, 0.6) is 5.75 Å². The third kappa shape index (κ3) is 3.12. The van der Waals surface area contributed by atoms with Crippen molar-refractivity contribution in [2.75, 3.05) is 18.1 Å². The number of fused-ring (bicyclic) bond motifs is 1. The Hall–Kier alpha value is -3.23. The standard InChI is InChI=1S/C19H18F2N4O3/c1-2-28-19(27)14-9-22-25-6-5-17(23-18(14)25)24-10-12(21)8-15(24)13-7-11(20)3-4-16(13)26/h3-7,9,12,15,26H,2,8,10H2,1H3/t12-,15+/m0/s1. The van der Waals surface area contributed by atoms with Crippen molar-refractivity contribution in [1.82, 2.24) is 14.6 Å². The highest BCUT2D eigenvalue weighted by molar-refractivity contribution is 5.95. The van der Waals surface area contributed by atoms with E-state index in [1.807, 2.05) is 0 Å². The van der Waals surface area contributed by atoms with E-state index in [9.17, 15) is 18.7 Å². The molecule has 1 aliphatic rings. The SMILES string of the molecule is CCOC(=O)c1cnn2ccc(N3C[C@@H](F)C[C@@H]3c3cc(F)ccc3O)nc12. The number of rotatable bonds is 4. The van der Waals surface area contributed by atoms with Gasteiger partial charge >= 0.3 is 5.97 Å². The molecule has 4 rings (SSSR count). The highest BCUT2D eigenvalue weighted by Gasteiger charge is 2.36. The van der Waals surface area contributed by atoms with Crippen molar-refractivity contribution >= 4 is 17.4 Å². The number of phenols is 1. The number of ether oxygens (including phenoxy) is 1. The summed E-state index contributed by atoms with van der Waals surface area (Å²) < 4.78 is 34.4. The molecule has 146 valence electrons. The van der Waals surface area contributed by atoms with Gasteiger partial charge in [-0.15, -0.1) is 0 Å². The fraction of sp³-hybridized carbons (Fsp3) is 0.316. The van der Waals surface area contributed by atoms with Gasteiger partial charge in [0.2, 0.25) is 0 Å². The summed E-state index contributed by atoms with van der Waals surface area (Å²) in [5.74, 6) is -0.777. The zero-order valence-electron chi connectivity index (χ0n) is 15.0. The lowest BCUT2D eigenvalue weighted by molar-refractivity contribution is 0.0528. The summed E-state index contributed by atoms with van der Waals surface area (Å²) in [5.41, 5.74) is 0.770. The van der Waals surface area contributed by atoms with E-state index in [-0.39, 0.29) is 36.5 Å². The van der Waals surface area contributed by atoms with Crippen LogP contribution in [0.1, 0.15) is 35.3 Å². The van der Waals surface area contributed by atoms with Crippen LogP contribution in [0, 0.1) is 5.82 Å². The Morgan fingerprint density at radius 3 is 3.00 bits per heavy atom. The van der Waals surface area contributed by atoms with Gasteiger partial charge in [0.25, 0.3) is 0 Å². The first-order chi connectivity index (χ1) is 13.5. The highest BCUT2D eigenvalue weighted by Crippen LogP contribution is 2.40. The van der Waals surface area contributed by atoms with Crippen molar-refractivity contribution < 1.29 is 23.4 Å². The van der Waals surface area contributed by atoms with Crippen LogP contribution in [0.3, 0.4) is 0 Å². The first kappa shape index (κ1) is 18.1. The predicted molar refractivity (Wildman–Crippen MR) is 96.6 cm³/mol.